The Labute approximate surface area is 195 Å². The zero-order chi connectivity index (χ0) is 24.8. The van der Waals surface area contributed by atoms with E-state index in [0.717, 1.165) is 0 Å². The van der Waals surface area contributed by atoms with Gasteiger partial charge in [0.1, 0.15) is 6.04 Å². The molecule has 0 aliphatic heterocycles. The van der Waals surface area contributed by atoms with Gasteiger partial charge < -0.3 is 21.5 Å². The van der Waals surface area contributed by atoms with Gasteiger partial charge in [0, 0.05) is 5.02 Å². The van der Waals surface area contributed by atoms with E-state index in [9.17, 15) is 27.9 Å². The van der Waals surface area contributed by atoms with E-state index in [1.54, 1.807) is 54.6 Å². The molecular formula is C23H27ClF3N3O3. The number of hydrogen-bond acceptors (Lipinski definition) is 4. The lowest BCUT2D eigenvalue weighted by atomic mass is 9.96. The van der Waals surface area contributed by atoms with Crippen LogP contribution < -0.4 is 16.4 Å². The maximum absolute atomic E-state index is 13.1. The van der Waals surface area contributed by atoms with E-state index < -0.39 is 48.1 Å². The van der Waals surface area contributed by atoms with E-state index >= 15 is 0 Å². The minimum absolute atomic E-state index is 0.136. The molecule has 0 aromatic heterocycles. The van der Waals surface area contributed by atoms with Gasteiger partial charge in [0.2, 0.25) is 11.8 Å². The van der Waals surface area contributed by atoms with Crippen LogP contribution in [0.15, 0.2) is 54.6 Å². The van der Waals surface area contributed by atoms with Crippen molar-refractivity contribution in [1.29, 1.82) is 0 Å². The highest BCUT2D eigenvalue weighted by atomic mass is 35.5. The van der Waals surface area contributed by atoms with E-state index in [2.05, 4.69) is 10.6 Å². The first-order chi connectivity index (χ1) is 15.4. The van der Waals surface area contributed by atoms with Crippen molar-refractivity contribution in [1.82, 2.24) is 10.6 Å². The summed E-state index contributed by atoms with van der Waals surface area (Å²) in [6.45, 7) is 2.88. The van der Waals surface area contributed by atoms with E-state index in [1.165, 1.54) is 13.8 Å². The highest BCUT2D eigenvalue weighted by Gasteiger charge is 2.45. The van der Waals surface area contributed by atoms with E-state index in [4.69, 9.17) is 17.3 Å². The Morgan fingerprint density at radius 1 is 1.03 bits per heavy atom. The summed E-state index contributed by atoms with van der Waals surface area (Å²) in [5.74, 6) is -2.30. The highest BCUT2D eigenvalue weighted by molar-refractivity contribution is 6.30. The molecule has 2 rings (SSSR count). The molecule has 2 aromatic rings. The lowest BCUT2D eigenvalue weighted by molar-refractivity contribution is -0.215. The third-order valence-corrected chi connectivity index (χ3v) is 5.30. The number of amides is 2. The minimum atomic E-state index is -4.92. The Kier molecular flexibility index (Phi) is 9.27. The number of carbonyl (C=O) groups excluding carboxylic acids is 2. The summed E-state index contributed by atoms with van der Waals surface area (Å²) in [4.78, 5) is 25.7. The zero-order valence-corrected chi connectivity index (χ0v) is 18.9. The van der Waals surface area contributed by atoms with Gasteiger partial charge in [0.25, 0.3) is 0 Å². The van der Waals surface area contributed by atoms with Gasteiger partial charge >= 0.3 is 6.18 Å². The number of rotatable bonds is 9. The fourth-order valence-electron chi connectivity index (χ4n) is 3.27. The smallest absolute Gasteiger partial charge is 0.382 e. The molecule has 10 heteroatoms. The Morgan fingerprint density at radius 2 is 1.67 bits per heavy atom. The van der Waals surface area contributed by atoms with Crippen LogP contribution in [0.5, 0.6) is 0 Å². The molecule has 0 saturated heterocycles. The molecule has 0 fully saturated rings. The van der Waals surface area contributed by atoms with Crippen LogP contribution in [-0.2, 0) is 16.0 Å². The van der Waals surface area contributed by atoms with Crippen LogP contribution in [0.25, 0.3) is 0 Å². The second-order valence-electron chi connectivity index (χ2n) is 8.06. The Balaban J connectivity index is 2.22. The summed E-state index contributed by atoms with van der Waals surface area (Å²) < 4.78 is 39.3. The van der Waals surface area contributed by atoms with Gasteiger partial charge in [-0.25, -0.2) is 0 Å². The average molecular weight is 486 g/mol. The summed E-state index contributed by atoms with van der Waals surface area (Å²) in [6.07, 6.45) is -7.55. The van der Waals surface area contributed by atoms with Gasteiger partial charge in [0.15, 0.2) is 6.10 Å². The lowest BCUT2D eigenvalue weighted by Crippen LogP contribution is -2.56. The third kappa shape index (κ3) is 7.73. The molecule has 180 valence electrons. The average Bonchev–Trinajstić information content (AvgIpc) is 2.74. The van der Waals surface area contributed by atoms with Crippen molar-refractivity contribution in [3.05, 3.63) is 70.7 Å². The molecule has 4 atom stereocenters. The summed E-state index contributed by atoms with van der Waals surface area (Å²) in [6, 6.07) is 10.9. The van der Waals surface area contributed by atoms with Crippen LogP contribution in [0.1, 0.15) is 31.0 Å². The molecule has 0 saturated carbocycles. The monoisotopic (exact) mass is 485 g/mol. The first-order valence-corrected chi connectivity index (χ1v) is 10.7. The highest BCUT2D eigenvalue weighted by Crippen LogP contribution is 2.26. The molecular weight excluding hydrogens is 459 g/mol. The topological polar surface area (TPSA) is 104 Å². The second kappa shape index (κ2) is 11.5. The largest absolute Gasteiger partial charge is 0.416 e. The first kappa shape index (κ1) is 26.6. The predicted molar refractivity (Wildman–Crippen MR) is 119 cm³/mol. The van der Waals surface area contributed by atoms with E-state index in [-0.39, 0.29) is 6.42 Å². The molecule has 2 amide bonds. The van der Waals surface area contributed by atoms with Gasteiger partial charge in [-0.15, -0.1) is 0 Å². The minimum Gasteiger partial charge on any atom is -0.382 e. The van der Waals surface area contributed by atoms with Gasteiger partial charge in [-0.2, -0.15) is 13.2 Å². The van der Waals surface area contributed by atoms with Gasteiger partial charge in [-0.3, -0.25) is 9.59 Å². The van der Waals surface area contributed by atoms with Gasteiger partial charge in [-0.1, -0.05) is 67.9 Å². The fourth-order valence-corrected chi connectivity index (χ4v) is 3.48. The van der Waals surface area contributed by atoms with Gasteiger partial charge in [-0.05, 0) is 35.6 Å². The number of carbonyl (C=O) groups is 2. The number of alkyl halides is 3. The quantitative estimate of drug-likeness (QED) is 0.438. The first-order valence-electron chi connectivity index (χ1n) is 10.3. The maximum atomic E-state index is 13.1. The standard InChI is InChI=1S/C23H27ClF3N3O3/c1-13(2)18(20(31)23(25,26)27)29-22(33)19(15-8-4-3-5-9-15)30-21(32)17(28)12-14-7-6-10-16(24)11-14/h3-11,13,17-20,31H,12,28H2,1-2H3,(H,29,33)(H,30,32)/t17-,18-,19-,20-/m0/s1. The van der Waals surface area contributed by atoms with Crippen molar-refractivity contribution in [3.63, 3.8) is 0 Å². The molecule has 0 aliphatic carbocycles. The molecule has 0 heterocycles. The molecule has 6 nitrogen and oxygen atoms in total. The molecule has 2 aromatic carbocycles. The molecule has 0 radical (unpaired) electrons. The van der Waals surface area contributed by atoms with E-state index in [1.807, 2.05) is 0 Å². The fraction of sp³-hybridized carbons (Fsp3) is 0.391. The maximum Gasteiger partial charge on any atom is 0.416 e. The molecule has 5 N–H and O–H groups in total. The van der Waals surface area contributed by atoms with Crippen LogP contribution in [0.4, 0.5) is 13.2 Å². The Morgan fingerprint density at radius 3 is 2.21 bits per heavy atom. The number of nitrogens with two attached hydrogens (primary N) is 1. The number of aliphatic hydroxyl groups excluding tert-OH is 1. The lowest BCUT2D eigenvalue weighted by Gasteiger charge is -2.31. The molecule has 0 bridgehead atoms. The molecule has 0 unspecified atom stereocenters. The second-order valence-corrected chi connectivity index (χ2v) is 8.49. The Hall–Kier alpha value is -2.62. The molecule has 33 heavy (non-hydrogen) atoms. The number of nitrogens with one attached hydrogen (secondary N) is 2. The van der Waals surface area contributed by atoms with E-state index in [0.29, 0.717) is 16.1 Å². The number of hydrogen-bond donors (Lipinski definition) is 4. The zero-order valence-electron chi connectivity index (χ0n) is 18.1. The van der Waals surface area contributed by atoms with Crippen LogP contribution in [0.2, 0.25) is 5.02 Å². The normalized spacial score (nSPS) is 15.4. The van der Waals surface area contributed by atoms with Crippen LogP contribution in [0, 0.1) is 5.92 Å². The van der Waals surface area contributed by atoms with Crippen LogP contribution in [0.3, 0.4) is 0 Å². The van der Waals surface area contributed by atoms with Crippen molar-refractivity contribution in [2.45, 2.75) is 50.7 Å². The van der Waals surface area contributed by atoms with Crippen molar-refractivity contribution in [2.75, 3.05) is 0 Å². The summed E-state index contributed by atoms with van der Waals surface area (Å²) in [5.41, 5.74) is 7.06. The Bertz CT molecular complexity index is 941. The summed E-state index contributed by atoms with van der Waals surface area (Å²) in [5, 5.41) is 15.0. The van der Waals surface area contributed by atoms with Crippen molar-refractivity contribution >= 4 is 23.4 Å². The van der Waals surface area contributed by atoms with Crippen molar-refractivity contribution in [3.8, 4) is 0 Å². The summed E-state index contributed by atoms with van der Waals surface area (Å²) >= 11 is 5.95. The number of benzene rings is 2. The SMILES string of the molecule is CC(C)[C@H](NC(=O)[C@@H](NC(=O)[C@@H](N)Cc1cccc(Cl)c1)c1ccccc1)[C@H](O)C(F)(F)F. The molecule has 0 spiro atoms. The van der Waals surface area contributed by atoms with Gasteiger partial charge in [0.05, 0.1) is 12.1 Å². The van der Waals surface area contributed by atoms with Crippen LogP contribution in [-0.4, -0.2) is 41.3 Å². The summed E-state index contributed by atoms with van der Waals surface area (Å²) in [7, 11) is 0. The number of aliphatic hydroxyl groups is 1. The molecule has 0 aliphatic rings. The van der Waals surface area contributed by atoms with Crippen LogP contribution >= 0.6 is 11.6 Å². The van der Waals surface area contributed by atoms with Crippen molar-refractivity contribution < 1.29 is 27.9 Å². The third-order valence-electron chi connectivity index (χ3n) is 5.07. The van der Waals surface area contributed by atoms with Crippen molar-refractivity contribution in [2.24, 2.45) is 11.7 Å². The predicted octanol–water partition coefficient (Wildman–Crippen LogP) is 3.13. The number of halogens is 4.